The fourth-order valence-electron chi connectivity index (χ4n) is 2.47. The van der Waals surface area contributed by atoms with Crippen LogP contribution in [0.1, 0.15) is 26.7 Å². The average Bonchev–Trinajstić information content (AvgIpc) is 2.35. The number of nitrogens with one attached hydrogen (secondary N) is 2. The van der Waals surface area contributed by atoms with E-state index in [0.29, 0.717) is 6.04 Å². The molecule has 2 N–H and O–H groups in total. The van der Waals surface area contributed by atoms with Crippen LogP contribution in [-0.4, -0.2) is 62.1 Å². The van der Waals surface area contributed by atoms with Crippen LogP contribution in [0.4, 0.5) is 0 Å². The first kappa shape index (κ1) is 15.9. The highest BCUT2D eigenvalue weighted by molar-refractivity contribution is 5.87. The number of carbonyl (C=O) groups excluding carboxylic acids is 2. The highest BCUT2D eigenvalue weighted by atomic mass is 16.4. The minimum Gasteiger partial charge on any atom is -0.548 e. The average molecular weight is 271 g/mol. The molecule has 1 rings (SSSR count). The van der Waals surface area contributed by atoms with Crippen molar-refractivity contribution in [2.45, 2.75) is 38.3 Å². The minimum atomic E-state index is -1.27. The number of carboxylic acids is 1. The number of carbonyl (C=O) groups is 2. The minimum absolute atomic E-state index is 0.273. The van der Waals surface area contributed by atoms with Gasteiger partial charge < -0.3 is 20.1 Å². The smallest absolute Gasteiger partial charge is 0.240 e. The van der Waals surface area contributed by atoms with Crippen LogP contribution in [0, 0.1) is 0 Å². The summed E-state index contributed by atoms with van der Waals surface area (Å²) < 4.78 is 0. The van der Waals surface area contributed by atoms with Crippen LogP contribution in [-0.2, 0) is 9.59 Å². The topological polar surface area (TPSA) is 76.9 Å². The molecule has 1 saturated heterocycles. The molecule has 1 aliphatic rings. The molecule has 0 aromatic rings. The van der Waals surface area contributed by atoms with Gasteiger partial charge in [-0.15, -0.1) is 0 Å². The van der Waals surface area contributed by atoms with Gasteiger partial charge in [0.15, 0.2) is 0 Å². The molecule has 6 heteroatoms. The highest BCUT2D eigenvalue weighted by Gasteiger charge is 2.37. The van der Waals surface area contributed by atoms with E-state index in [1.54, 1.807) is 0 Å². The summed E-state index contributed by atoms with van der Waals surface area (Å²) in [4.78, 5) is 26.0. The largest absolute Gasteiger partial charge is 0.548 e. The van der Waals surface area contributed by atoms with Crippen molar-refractivity contribution < 1.29 is 19.6 Å². The number of nitrogens with zero attached hydrogens (tertiary/aromatic N) is 1. The molecule has 0 aliphatic carbocycles. The first-order valence-electron chi connectivity index (χ1n) is 6.77. The van der Waals surface area contributed by atoms with Gasteiger partial charge in [0.1, 0.15) is 0 Å². The van der Waals surface area contributed by atoms with Gasteiger partial charge in [-0.05, 0) is 20.9 Å². The van der Waals surface area contributed by atoms with E-state index in [9.17, 15) is 14.7 Å². The molecule has 19 heavy (non-hydrogen) atoms. The Bertz CT molecular complexity index is 336. The van der Waals surface area contributed by atoms with E-state index in [4.69, 9.17) is 0 Å². The Kier molecular flexibility index (Phi) is 5.31. The lowest BCUT2D eigenvalue weighted by Crippen LogP contribution is -3.10. The van der Waals surface area contributed by atoms with E-state index < -0.39 is 18.1 Å². The van der Waals surface area contributed by atoms with Gasteiger partial charge in [-0.2, -0.15) is 0 Å². The third-order valence-electron chi connectivity index (χ3n) is 4.19. The predicted octanol–water partition coefficient (Wildman–Crippen LogP) is -2.76. The number of hydrogen-bond acceptors (Lipinski definition) is 4. The molecule has 0 unspecified atom stereocenters. The van der Waals surface area contributed by atoms with Crippen molar-refractivity contribution in [3.63, 3.8) is 0 Å². The van der Waals surface area contributed by atoms with Crippen molar-refractivity contribution in [1.82, 2.24) is 10.2 Å². The molecule has 0 atom stereocenters. The Hall–Kier alpha value is -1.14. The summed E-state index contributed by atoms with van der Waals surface area (Å²) in [5, 5.41) is 12.8. The second-order valence-electron chi connectivity index (χ2n) is 5.91. The second-order valence-corrected chi connectivity index (χ2v) is 5.91. The molecule has 0 aromatic carbocycles. The van der Waals surface area contributed by atoms with Gasteiger partial charge in [-0.25, -0.2) is 0 Å². The lowest BCUT2D eigenvalue weighted by molar-refractivity contribution is -0.885. The summed E-state index contributed by atoms with van der Waals surface area (Å²) in [7, 11) is 4.11. The first-order valence-corrected chi connectivity index (χ1v) is 6.77. The number of likely N-dealkylation sites (N-methyl/N-ethyl adjacent to an activating group) is 1. The van der Waals surface area contributed by atoms with Gasteiger partial charge in [-0.3, -0.25) is 9.69 Å². The molecule has 110 valence electrons. The van der Waals surface area contributed by atoms with Gasteiger partial charge in [0.05, 0.1) is 38.2 Å². The number of quaternary nitrogens is 1. The van der Waals surface area contributed by atoms with E-state index in [1.165, 1.54) is 4.90 Å². The van der Waals surface area contributed by atoms with Crippen LogP contribution in [0.25, 0.3) is 0 Å². The zero-order valence-electron chi connectivity index (χ0n) is 12.3. The van der Waals surface area contributed by atoms with Crippen LogP contribution < -0.4 is 15.3 Å². The monoisotopic (exact) mass is 271 g/mol. The number of carboxylic acid groups (broad SMARTS) is 1. The lowest BCUT2D eigenvalue weighted by Gasteiger charge is -2.42. The molecular formula is C13H25N3O3. The van der Waals surface area contributed by atoms with Gasteiger partial charge in [0.25, 0.3) is 0 Å². The number of amides is 1. The normalized spacial score (nSPS) is 24.3. The second kappa shape index (κ2) is 6.34. The van der Waals surface area contributed by atoms with Crippen molar-refractivity contribution in [3.05, 3.63) is 0 Å². The quantitative estimate of drug-likeness (QED) is 0.568. The first-order chi connectivity index (χ1) is 8.75. The number of piperidine rings is 1. The van der Waals surface area contributed by atoms with E-state index in [-0.39, 0.29) is 5.91 Å². The standard InChI is InChI=1S/C13H25N3O3/c1-13(2,12(19)14-9-11(17)18)16(4)10-5-7-15(3)8-6-10/h10H,5-9H2,1-4H3,(H,14,19)(H,17,18). The van der Waals surface area contributed by atoms with Gasteiger partial charge >= 0.3 is 0 Å². The summed E-state index contributed by atoms with van der Waals surface area (Å²) in [6.45, 7) is 5.41. The van der Waals surface area contributed by atoms with Gasteiger partial charge in [0.2, 0.25) is 5.91 Å². The Labute approximate surface area is 114 Å². The summed E-state index contributed by atoms with van der Waals surface area (Å²) in [6.07, 6.45) is 2.11. The number of hydrogen-bond donors (Lipinski definition) is 2. The molecular weight excluding hydrogens is 246 g/mol. The number of likely N-dealkylation sites (tertiary alicyclic amines) is 1. The van der Waals surface area contributed by atoms with Crippen molar-refractivity contribution in [2.24, 2.45) is 0 Å². The molecule has 0 aromatic heterocycles. The SMILES string of the molecule is CN(C1CC[NH+](C)CC1)C(C)(C)C(=O)NCC(=O)[O-]. The molecule has 0 radical (unpaired) electrons. The third-order valence-corrected chi connectivity index (χ3v) is 4.19. The molecule has 1 fully saturated rings. The third kappa shape index (κ3) is 4.18. The maximum absolute atomic E-state index is 12.1. The Morgan fingerprint density at radius 3 is 2.37 bits per heavy atom. The predicted molar refractivity (Wildman–Crippen MR) is 69.5 cm³/mol. The molecule has 0 saturated carbocycles. The fourth-order valence-corrected chi connectivity index (χ4v) is 2.47. The van der Waals surface area contributed by atoms with E-state index in [2.05, 4.69) is 17.3 Å². The molecule has 1 heterocycles. The summed E-state index contributed by atoms with van der Waals surface area (Å²) in [6, 6.07) is 0.368. The van der Waals surface area contributed by atoms with E-state index in [1.807, 2.05) is 20.9 Å². The van der Waals surface area contributed by atoms with Gasteiger partial charge in [0, 0.05) is 18.9 Å². The number of aliphatic carboxylic acids is 1. The zero-order valence-corrected chi connectivity index (χ0v) is 12.3. The molecule has 1 amide bonds. The van der Waals surface area contributed by atoms with Crippen LogP contribution in [0.2, 0.25) is 0 Å². The van der Waals surface area contributed by atoms with Crippen molar-refractivity contribution in [1.29, 1.82) is 0 Å². The van der Waals surface area contributed by atoms with Crippen LogP contribution in [0.5, 0.6) is 0 Å². The van der Waals surface area contributed by atoms with E-state index in [0.717, 1.165) is 25.9 Å². The maximum Gasteiger partial charge on any atom is 0.240 e. The van der Waals surface area contributed by atoms with Crippen molar-refractivity contribution in [3.8, 4) is 0 Å². The molecule has 0 spiro atoms. The van der Waals surface area contributed by atoms with Crippen molar-refractivity contribution in [2.75, 3.05) is 33.7 Å². The highest BCUT2D eigenvalue weighted by Crippen LogP contribution is 2.20. The van der Waals surface area contributed by atoms with Crippen LogP contribution in [0.15, 0.2) is 0 Å². The molecule has 6 nitrogen and oxygen atoms in total. The van der Waals surface area contributed by atoms with Gasteiger partial charge in [-0.1, -0.05) is 0 Å². The molecule has 1 aliphatic heterocycles. The maximum atomic E-state index is 12.1. The Morgan fingerprint density at radius 1 is 1.37 bits per heavy atom. The summed E-state index contributed by atoms with van der Waals surface area (Å²) in [5.41, 5.74) is -0.717. The zero-order chi connectivity index (χ0) is 14.6. The molecule has 0 bridgehead atoms. The number of rotatable bonds is 5. The summed E-state index contributed by atoms with van der Waals surface area (Å²) >= 11 is 0. The van der Waals surface area contributed by atoms with E-state index >= 15 is 0 Å². The Morgan fingerprint density at radius 2 is 1.89 bits per heavy atom. The van der Waals surface area contributed by atoms with Crippen molar-refractivity contribution >= 4 is 11.9 Å². The van der Waals surface area contributed by atoms with Crippen LogP contribution >= 0.6 is 0 Å². The van der Waals surface area contributed by atoms with Crippen LogP contribution in [0.3, 0.4) is 0 Å². The Balaban J connectivity index is 2.59. The fraction of sp³-hybridized carbons (Fsp3) is 0.846. The summed E-state index contributed by atoms with van der Waals surface area (Å²) in [5.74, 6) is -1.54. The lowest BCUT2D eigenvalue weighted by atomic mass is 9.95.